The van der Waals surface area contributed by atoms with Crippen LogP contribution in [0.25, 0.3) is 11.1 Å². The van der Waals surface area contributed by atoms with Crippen molar-refractivity contribution in [2.45, 2.75) is 31.2 Å². The van der Waals surface area contributed by atoms with E-state index in [0.717, 1.165) is 32.3 Å². The molecule has 0 bridgehead atoms. The van der Waals surface area contributed by atoms with E-state index in [1.165, 1.54) is 0 Å². The fourth-order valence-electron chi connectivity index (χ4n) is 4.29. The first-order valence-corrected chi connectivity index (χ1v) is 11.9. The summed E-state index contributed by atoms with van der Waals surface area (Å²) in [4.78, 5) is 23.8. The Morgan fingerprint density at radius 3 is 2.30 bits per heavy atom. The molecular weight excluding hydrogens is 506 g/mol. The number of nitrogens with one attached hydrogen (secondary N) is 1. The zero-order chi connectivity index (χ0) is 23.4. The number of halogens is 2. The normalized spacial score (nSPS) is 13.2. The monoisotopic (exact) mass is 527 g/mol. The number of carbonyl (C=O) groups is 2. The van der Waals surface area contributed by atoms with Crippen molar-refractivity contribution in [2.24, 2.45) is 0 Å². The largest absolute Gasteiger partial charge is 0.481 e. The molecule has 2 N–H and O–H groups in total. The average molecular weight is 529 g/mol. The zero-order valence-electron chi connectivity index (χ0n) is 17.8. The van der Waals surface area contributed by atoms with E-state index in [2.05, 4.69) is 45.5 Å². The standard InChI is InChI=1S/C26H23BrClNO4/c27-17-9-11-24(28)16(13-17)14-18(10-12-25(30)31)29-26(32)33-15-23-21-7-3-1-5-19(21)20-6-2-4-8-22(20)23/h1-9,11,13,18,23H,10,12,14-15H2,(H,29,32)(H,30,31). The van der Waals surface area contributed by atoms with Crippen LogP contribution in [0.2, 0.25) is 5.02 Å². The van der Waals surface area contributed by atoms with Crippen LogP contribution >= 0.6 is 27.5 Å². The van der Waals surface area contributed by atoms with Gasteiger partial charge in [0.1, 0.15) is 6.61 Å². The number of amides is 1. The number of hydrogen-bond donors (Lipinski definition) is 2. The third-order valence-corrected chi connectivity index (χ3v) is 6.71. The van der Waals surface area contributed by atoms with Crippen LogP contribution in [0.1, 0.15) is 35.4 Å². The lowest BCUT2D eigenvalue weighted by Gasteiger charge is -2.20. The number of alkyl carbamates (subject to hydrolysis) is 1. The van der Waals surface area contributed by atoms with Gasteiger partial charge in [-0.1, -0.05) is 76.1 Å². The van der Waals surface area contributed by atoms with Crippen LogP contribution in [-0.4, -0.2) is 29.8 Å². The molecule has 3 aromatic carbocycles. The van der Waals surface area contributed by atoms with Gasteiger partial charge in [0.15, 0.2) is 0 Å². The number of carbonyl (C=O) groups excluding carboxylic acids is 1. The molecule has 0 heterocycles. The quantitative estimate of drug-likeness (QED) is 0.354. The summed E-state index contributed by atoms with van der Waals surface area (Å²) in [6.07, 6.45) is 0.0243. The van der Waals surface area contributed by atoms with Crippen LogP contribution < -0.4 is 5.32 Å². The van der Waals surface area contributed by atoms with Crippen molar-refractivity contribution in [3.63, 3.8) is 0 Å². The highest BCUT2D eigenvalue weighted by molar-refractivity contribution is 9.10. The van der Waals surface area contributed by atoms with Gasteiger partial charge in [0.25, 0.3) is 0 Å². The molecule has 4 rings (SSSR count). The highest BCUT2D eigenvalue weighted by Crippen LogP contribution is 2.44. The van der Waals surface area contributed by atoms with Gasteiger partial charge in [-0.2, -0.15) is 0 Å². The molecule has 0 aliphatic heterocycles. The summed E-state index contributed by atoms with van der Waals surface area (Å²) in [5, 5.41) is 12.5. The second-order valence-corrected chi connectivity index (χ2v) is 9.36. The number of benzene rings is 3. The Morgan fingerprint density at radius 1 is 1.03 bits per heavy atom. The van der Waals surface area contributed by atoms with E-state index in [1.54, 1.807) is 6.07 Å². The smallest absolute Gasteiger partial charge is 0.407 e. The van der Waals surface area contributed by atoms with E-state index in [4.69, 9.17) is 21.4 Å². The first-order chi connectivity index (χ1) is 15.9. The molecule has 33 heavy (non-hydrogen) atoms. The van der Waals surface area contributed by atoms with Crippen LogP contribution in [0.5, 0.6) is 0 Å². The minimum Gasteiger partial charge on any atom is -0.481 e. The van der Waals surface area contributed by atoms with E-state index >= 15 is 0 Å². The third kappa shape index (κ3) is 5.57. The van der Waals surface area contributed by atoms with Gasteiger partial charge in [0.05, 0.1) is 0 Å². The molecule has 1 aliphatic carbocycles. The minimum absolute atomic E-state index is 0.0415. The molecule has 3 aromatic rings. The van der Waals surface area contributed by atoms with Gasteiger partial charge in [-0.3, -0.25) is 4.79 Å². The van der Waals surface area contributed by atoms with Crippen molar-refractivity contribution in [3.05, 3.63) is 92.9 Å². The van der Waals surface area contributed by atoms with Crippen molar-refractivity contribution >= 4 is 39.6 Å². The predicted molar refractivity (Wildman–Crippen MR) is 132 cm³/mol. The number of rotatable bonds is 8. The number of fused-ring (bicyclic) bond motifs is 3. The molecule has 170 valence electrons. The van der Waals surface area contributed by atoms with Crippen LogP contribution in [0.4, 0.5) is 4.79 Å². The zero-order valence-corrected chi connectivity index (χ0v) is 20.1. The highest BCUT2D eigenvalue weighted by Gasteiger charge is 2.29. The van der Waals surface area contributed by atoms with Crippen molar-refractivity contribution < 1.29 is 19.4 Å². The van der Waals surface area contributed by atoms with Crippen LogP contribution in [0.3, 0.4) is 0 Å². The predicted octanol–water partition coefficient (Wildman–Crippen LogP) is 6.42. The molecule has 1 atom stereocenters. The van der Waals surface area contributed by atoms with E-state index in [-0.39, 0.29) is 25.4 Å². The molecule has 0 saturated carbocycles. The highest BCUT2D eigenvalue weighted by atomic mass is 79.9. The van der Waals surface area contributed by atoms with Gasteiger partial charge in [-0.25, -0.2) is 4.79 Å². The van der Waals surface area contributed by atoms with Gasteiger partial charge >= 0.3 is 12.1 Å². The van der Waals surface area contributed by atoms with E-state index in [9.17, 15) is 9.59 Å². The Morgan fingerprint density at radius 2 is 1.67 bits per heavy atom. The van der Waals surface area contributed by atoms with Gasteiger partial charge in [0, 0.05) is 27.9 Å². The topological polar surface area (TPSA) is 75.6 Å². The molecule has 1 unspecified atom stereocenters. The van der Waals surface area contributed by atoms with E-state index in [0.29, 0.717) is 11.4 Å². The fraction of sp³-hybridized carbons (Fsp3) is 0.231. The second-order valence-electron chi connectivity index (χ2n) is 8.04. The van der Waals surface area contributed by atoms with Gasteiger partial charge in [0.2, 0.25) is 0 Å². The lowest BCUT2D eigenvalue weighted by atomic mass is 9.98. The van der Waals surface area contributed by atoms with Crippen LogP contribution in [0, 0.1) is 0 Å². The lowest BCUT2D eigenvalue weighted by Crippen LogP contribution is -2.38. The average Bonchev–Trinajstić information content (AvgIpc) is 3.12. The van der Waals surface area contributed by atoms with Gasteiger partial charge in [-0.15, -0.1) is 0 Å². The summed E-state index contributed by atoms with van der Waals surface area (Å²) in [6, 6.07) is 21.3. The molecule has 1 aliphatic rings. The van der Waals surface area contributed by atoms with Gasteiger partial charge < -0.3 is 15.2 Å². The van der Waals surface area contributed by atoms with Crippen molar-refractivity contribution in [3.8, 4) is 11.1 Å². The van der Waals surface area contributed by atoms with Crippen molar-refractivity contribution in [1.82, 2.24) is 5.32 Å². The molecule has 1 amide bonds. The molecule has 0 radical (unpaired) electrons. The molecule has 0 spiro atoms. The summed E-state index contributed by atoms with van der Waals surface area (Å²) < 4.78 is 6.49. The van der Waals surface area contributed by atoms with E-state index < -0.39 is 18.1 Å². The maximum absolute atomic E-state index is 12.7. The van der Waals surface area contributed by atoms with Gasteiger partial charge in [-0.05, 0) is 58.9 Å². The molecular formula is C26H23BrClNO4. The Labute approximate surface area is 205 Å². The molecule has 0 fully saturated rings. The Bertz CT molecular complexity index is 1140. The number of ether oxygens (including phenoxy) is 1. The minimum atomic E-state index is -0.922. The van der Waals surface area contributed by atoms with Crippen LogP contribution in [0.15, 0.2) is 71.2 Å². The van der Waals surface area contributed by atoms with Crippen molar-refractivity contribution in [1.29, 1.82) is 0 Å². The second kappa shape index (κ2) is 10.4. The number of hydrogen-bond acceptors (Lipinski definition) is 3. The lowest BCUT2D eigenvalue weighted by molar-refractivity contribution is -0.137. The summed E-state index contributed by atoms with van der Waals surface area (Å²) in [7, 11) is 0. The number of carboxylic acids is 1. The SMILES string of the molecule is O=C(O)CCC(Cc1cc(Br)ccc1Cl)NC(=O)OCC1c2ccccc2-c2ccccc21. The molecule has 7 heteroatoms. The fourth-order valence-corrected chi connectivity index (χ4v) is 4.90. The first-order valence-electron chi connectivity index (χ1n) is 10.7. The maximum atomic E-state index is 12.7. The van der Waals surface area contributed by atoms with Crippen LogP contribution in [-0.2, 0) is 16.0 Å². The Hall–Kier alpha value is -2.83. The Balaban J connectivity index is 1.44. The first kappa shape index (κ1) is 23.3. The maximum Gasteiger partial charge on any atom is 0.407 e. The molecule has 0 aromatic heterocycles. The van der Waals surface area contributed by atoms with Crippen molar-refractivity contribution in [2.75, 3.05) is 6.61 Å². The molecule has 5 nitrogen and oxygen atoms in total. The number of carboxylic acid groups (broad SMARTS) is 1. The number of aliphatic carboxylic acids is 1. The summed E-state index contributed by atoms with van der Waals surface area (Å²) in [5.74, 6) is -0.963. The summed E-state index contributed by atoms with van der Waals surface area (Å²) in [6.45, 7) is 0.198. The third-order valence-electron chi connectivity index (χ3n) is 5.85. The Kier molecular flexibility index (Phi) is 7.36. The van der Waals surface area contributed by atoms with E-state index in [1.807, 2.05) is 36.4 Å². The molecule has 0 saturated heterocycles. The summed E-state index contributed by atoms with van der Waals surface area (Å²) >= 11 is 9.73. The summed E-state index contributed by atoms with van der Waals surface area (Å²) in [5.41, 5.74) is 5.40.